The largest absolute Gasteiger partial charge is 0.237 e. The van der Waals surface area contributed by atoms with E-state index in [-0.39, 0.29) is 5.92 Å². The summed E-state index contributed by atoms with van der Waals surface area (Å²) in [5.41, 5.74) is 0.847. The fourth-order valence-electron chi connectivity index (χ4n) is 1.18. The van der Waals surface area contributed by atoms with Crippen LogP contribution in [0.15, 0.2) is 29.2 Å². The van der Waals surface area contributed by atoms with Gasteiger partial charge in [-0.2, -0.15) is 0 Å². The normalized spacial score (nSPS) is 12.0. The zero-order chi connectivity index (χ0) is 10.1. The lowest BCUT2D eigenvalue weighted by Crippen LogP contribution is -1.98. The van der Waals surface area contributed by atoms with E-state index < -0.39 is 8.27 Å². The van der Waals surface area contributed by atoms with Crippen LogP contribution in [0.3, 0.4) is 0 Å². The summed E-state index contributed by atoms with van der Waals surface area (Å²) in [5.74, 6) is 0.212. The van der Waals surface area contributed by atoms with Crippen LogP contribution in [0.5, 0.6) is 0 Å². The van der Waals surface area contributed by atoms with Crippen molar-refractivity contribution in [3.63, 3.8) is 0 Å². The molecular formula is C9H11BrO2S. The summed E-state index contributed by atoms with van der Waals surface area (Å²) in [6, 6.07) is 7.01. The van der Waals surface area contributed by atoms with E-state index in [0.717, 1.165) is 5.56 Å². The van der Waals surface area contributed by atoms with E-state index in [0.29, 0.717) is 4.90 Å². The molecule has 0 aromatic heterocycles. The van der Waals surface area contributed by atoms with Crippen molar-refractivity contribution in [1.29, 1.82) is 0 Å². The Morgan fingerprint density at radius 2 is 1.77 bits per heavy atom. The maximum absolute atomic E-state index is 11.3. The van der Waals surface area contributed by atoms with Crippen molar-refractivity contribution < 1.29 is 8.42 Å². The van der Waals surface area contributed by atoms with E-state index in [4.69, 9.17) is 0 Å². The zero-order valence-corrected chi connectivity index (χ0v) is 9.89. The van der Waals surface area contributed by atoms with Gasteiger partial charge in [-0.25, -0.2) is 8.42 Å². The Balaban J connectivity index is 3.37. The molecule has 0 heterocycles. The molecule has 2 nitrogen and oxygen atoms in total. The summed E-state index contributed by atoms with van der Waals surface area (Å²) in [6.07, 6.45) is 0. The fourth-order valence-corrected chi connectivity index (χ4v) is 2.89. The van der Waals surface area contributed by atoms with Gasteiger partial charge in [-0.05, 0) is 17.5 Å². The Morgan fingerprint density at radius 1 is 1.23 bits per heavy atom. The standard InChI is InChI=1S/C9H11BrO2S/c1-7(2)8-5-3-4-6-9(8)13(10,11)12/h3-7H,1-2H3. The second-order valence-electron chi connectivity index (χ2n) is 3.13. The maximum atomic E-state index is 11.3. The van der Waals surface area contributed by atoms with Gasteiger partial charge in [0.15, 0.2) is 0 Å². The minimum absolute atomic E-state index is 0.212. The highest BCUT2D eigenvalue weighted by atomic mass is 79.9. The van der Waals surface area contributed by atoms with Crippen LogP contribution in [0.1, 0.15) is 25.3 Å². The quantitative estimate of drug-likeness (QED) is 0.769. The van der Waals surface area contributed by atoms with Crippen molar-refractivity contribution in [2.45, 2.75) is 24.7 Å². The molecule has 0 saturated carbocycles. The summed E-state index contributed by atoms with van der Waals surface area (Å²) in [5, 5.41) is 0. The molecule has 0 aliphatic rings. The number of hydrogen-bond donors (Lipinski definition) is 0. The van der Waals surface area contributed by atoms with Crippen LogP contribution in [0.2, 0.25) is 0 Å². The van der Waals surface area contributed by atoms with Crippen molar-refractivity contribution in [2.24, 2.45) is 0 Å². The lowest BCUT2D eigenvalue weighted by molar-refractivity contribution is 0.609. The molecule has 0 N–H and O–H groups in total. The van der Waals surface area contributed by atoms with Crippen LogP contribution in [0.4, 0.5) is 0 Å². The number of hydrogen-bond acceptors (Lipinski definition) is 2. The van der Waals surface area contributed by atoms with Gasteiger partial charge in [-0.3, -0.25) is 0 Å². The Bertz CT molecular complexity index is 396. The van der Waals surface area contributed by atoms with E-state index in [1.807, 2.05) is 26.0 Å². The Morgan fingerprint density at radius 3 is 2.15 bits per heavy atom. The molecule has 1 aromatic carbocycles. The molecule has 0 amide bonds. The number of halogens is 1. The third kappa shape index (κ3) is 2.54. The molecule has 0 unspecified atom stereocenters. The average molecular weight is 263 g/mol. The first-order chi connectivity index (χ1) is 5.93. The molecule has 1 rings (SSSR count). The van der Waals surface area contributed by atoms with Gasteiger partial charge in [0.25, 0.3) is 0 Å². The molecule has 0 aliphatic heterocycles. The second-order valence-corrected chi connectivity index (χ2v) is 7.00. The molecule has 0 bridgehead atoms. The predicted molar refractivity (Wildman–Crippen MR) is 56.6 cm³/mol. The van der Waals surface area contributed by atoms with Gasteiger partial charge >= 0.3 is 0 Å². The summed E-state index contributed by atoms with van der Waals surface area (Å²) in [7, 11) is -3.27. The van der Waals surface area contributed by atoms with Crippen molar-refractivity contribution in [3.05, 3.63) is 29.8 Å². The Labute approximate surface area is 86.1 Å². The first kappa shape index (κ1) is 10.7. The fraction of sp³-hybridized carbons (Fsp3) is 0.333. The average Bonchev–Trinajstić information content (AvgIpc) is 2.03. The molecule has 13 heavy (non-hydrogen) atoms. The Kier molecular flexibility index (Phi) is 3.14. The minimum atomic E-state index is -3.27. The van der Waals surface area contributed by atoms with E-state index in [9.17, 15) is 8.42 Å². The monoisotopic (exact) mass is 262 g/mol. The third-order valence-electron chi connectivity index (χ3n) is 1.80. The summed E-state index contributed by atoms with van der Waals surface area (Å²) in [4.78, 5) is 0.366. The van der Waals surface area contributed by atoms with Gasteiger partial charge in [0, 0.05) is 0 Å². The van der Waals surface area contributed by atoms with Gasteiger partial charge in [0.05, 0.1) is 19.7 Å². The van der Waals surface area contributed by atoms with Crippen LogP contribution < -0.4 is 0 Å². The molecule has 0 atom stereocenters. The molecule has 0 radical (unpaired) electrons. The minimum Gasteiger partial charge on any atom is -0.212 e. The van der Waals surface area contributed by atoms with Crippen LogP contribution in [-0.4, -0.2) is 8.42 Å². The zero-order valence-electron chi connectivity index (χ0n) is 7.49. The number of benzene rings is 1. The van der Waals surface area contributed by atoms with Gasteiger partial charge in [0.2, 0.25) is 8.27 Å². The second kappa shape index (κ2) is 3.80. The van der Waals surface area contributed by atoms with Crippen molar-refractivity contribution in [1.82, 2.24) is 0 Å². The molecule has 4 heteroatoms. The highest BCUT2D eigenvalue weighted by Gasteiger charge is 2.15. The van der Waals surface area contributed by atoms with E-state index in [1.54, 1.807) is 12.1 Å². The molecular weight excluding hydrogens is 252 g/mol. The molecule has 1 aromatic rings. The Hall–Kier alpha value is -0.350. The van der Waals surface area contributed by atoms with Gasteiger partial charge < -0.3 is 0 Å². The maximum Gasteiger partial charge on any atom is 0.237 e. The van der Waals surface area contributed by atoms with E-state index >= 15 is 0 Å². The lowest BCUT2D eigenvalue weighted by Gasteiger charge is -2.09. The lowest BCUT2D eigenvalue weighted by atomic mass is 10.0. The van der Waals surface area contributed by atoms with Crippen molar-refractivity contribution in [2.75, 3.05) is 0 Å². The highest BCUT2D eigenvalue weighted by Crippen LogP contribution is 2.26. The van der Waals surface area contributed by atoms with Gasteiger partial charge in [-0.1, -0.05) is 32.0 Å². The SMILES string of the molecule is CC(C)c1ccccc1S(=O)(=O)Br. The topological polar surface area (TPSA) is 34.1 Å². The molecule has 0 saturated heterocycles. The van der Waals surface area contributed by atoms with Crippen molar-refractivity contribution in [3.8, 4) is 0 Å². The summed E-state index contributed by atoms with van der Waals surface area (Å²) in [6.45, 7) is 3.94. The van der Waals surface area contributed by atoms with Crippen LogP contribution in [0, 0.1) is 0 Å². The van der Waals surface area contributed by atoms with Crippen LogP contribution in [-0.2, 0) is 8.27 Å². The highest BCUT2D eigenvalue weighted by molar-refractivity contribution is 9.47. The molecule has 0 fully saturated rings. The van der Waals surface area contributed by atoms with E-state index in [1.165, 1.54) is 0 Å². The van der Waals surface area contributed by atoms with Crippen LogP contribution >= 0.6 is 14.8 Å². The smallest absolute Gasteiger partial charge is 0.212 e. The van der Waals surface area contributed by atoms with E-state index in [2.05, 4.69) is 14.8 Å². The van der Waals surface area contributed by atoms with Crippen LogP contribution in [0.25, 0.3) is 0 Å². The summed E-state index contributed by atoms with van der Waals surface area (Å²) < 4.78 is 22.5. The molecule has 0 spiro atoms. The molecule has 0 aliphatic carbocycles. The number of rotatable bonds is 2. The van der Waals surface area contributed by atoms with Gasteiger partial charge in [0.1, 0.15) is 0 Å². The van der Waals surface area contributed by atoms with Gasteiger partial charge in [-0.15, -0.1) is 0 Å². The first-order valence-corrected chi connectivity index (χ1v) is 7.29. The molecule has 72 valence electrons. The third-order valence-corrected chi connectivity index (χ3v) is 3.75. The predicted octanol–water partition coefficient (Wildman–Crippen LogP) is 2.89. The first-order valence-electron chi connectivity index (χ1n) is 3.96. The summed E-state index contributed by atoms with van der Waals surface area (Å²) >= 11 is 2.68. The van der Waals surface area contributed by atoms with Crippen molar-refractivity contribution >= 4 is 23.1 Å².